The Morgan fingerprint density at radius 2 is 1.50 bits per heavy atom. The number of hydrogen-bond donors (Lipinski definition) is 1. The summed E-state index contributed by atoms with van der Waals surface area (Å²) in [5.41, 5.74) is 5.91. The topological polar surface area (TPSA) is 46.3 Å². The Morgan fingerprint density at radius 1 is 0.944 bits per heavy atom. The number of nitrogens with two attached hydrogens (primary N) is 1. The van der Waals surface area contributed by atoms with Crippen molar-refractivity contribution in [2.45, 2.75) is 70.3 Å². The number of likely N-dealkylation sites (tertiary alicyclic amines) is 1. The molecule has 0 aromatic carbocycles. The predicted molar refractivity (Wildman–Crippen MR) is 74.2 cm³/mol. The highest BCUT2D eigenvalue weighted by atomic mass is 16.2. The molecule has 1 heterocycles. The lowest BCUT2D eigenvalue weighted by molar-refractivity contribution is -0.132. The molecule has 0 bridgehead atoms. The summed E-state index contributed by atoms with van der Waals surface area (Å²) >= 11 is 0. The first kappa shape index (κ1) is 13.9. The average Bonchev–Trinajstić information content (AvgIpc) is 2.31. The summed E-state index contributed by atoms with van der Waals surface area (Å²) in [5, 5.41) is 0. The largest absolute Gasteiger partial charge is 0.343 e. The molecule has 0 spiro atoms. The fraction of sp³-hybridized carbons (Fsp3) is 0.933. The molecule has 0 unspecified atom stereocenters. The molecule has 2 rings (SSSR count). The fourth-order valence-electron chi connectivity index (χ4n) is 3.27. The van der Waals surface area contributed by atoms with Gasteiger partial charge in [-0.3, -0.25) is 4.79 Å². The van der Waals surface area contributed by atoms with E-state index in [0.717, 1.165) is 45.2 Å². The van der Waals surface area contributed by atoms with Crippen LogP contribution in [0.1, 0.15) is 64.2 Å². The van der Waals surface area contributed by atoms with Gasteiger partial charge >= 0.3 is 0 Å². The minimum Gasteiger partial charge on any atom is -0.343 e. The summed E-state index contributed by atoms with van der Waals surface area (Å²) in [6, 6.07) is 0.387. The van der Waals surface area contributed by atoms with Crippen molar-refractivity contribution in [2.75, 3.05) is 13.1 Å². The quantitative estimate of drug-likeness (QED) is 0.821. The number of nitrogens with zero attached hydrogens (tertiary/aromatic N) is 1. The van der Waals surface area contributed by atoms with Gasteiger partial charge in [-0.2, -0.15) is 0 Å². The molecule has 0 atom stereocenters. The van der Waals surface area contributed by atoms with Gasteiger partial charge in [-0.25, -0.2) is 0 Å². The summed E-state index contributed by atoms with van der Waals surface area (Å²) in [5.74, 6) is 1.00. The predicted octanol–water partition coefficient (Wildman–Crippen LogP) is 2.69. The van der Waals surface area contributed by atoms with E-state index in [2.05, 4.69) is 4.90 Å². The Balaban J connectivity index is 1.75. The van der Waals surface area contributed by atoms with Crippen LogP contribution in [0, 0.1) is 5.92 Å². The molecule has 0 aromatic rings. The van der Waals surface area contributed by atoms with Gasteiger partial charge in [0.15, 0.2) is 0 Å². The lowest BCUT2D eigenvalue weighted by Crippen LogP contribution is -2.36. The standard InChI is InChI=1S/C15H28N2O/c16-14-8-6-13(7-9-14)12-15(18)17-10-4-2-1-3-5-11-17/h13-14H,1-12,16H2. The average molecular weight is 252 g/mol. The van der Waals surface area contributed by atoms with Crippen LogP contribution < -0.4 is 5.73 Å². The Kier molecular flexibility index (Phi) is 5.48. The van der Waals surface area contributed by atoms with Gasteiger partial charge in [0, 0.05) is 25.6 Å². The maximum atomic E-state index is 12.3. The van der Waals surface area contributed by atoms with Crippen molar-refractivity contribution in [1.82, 2.24) is 4.90 Å². The first-order chi connectivity index (χ1) is 8.75. The fourth-order valence-corrected chi connectivity index (χ4v) is 3.27. The summed E-state index contributed by atoms with van der Waals surface area (Å²) in [6.45, 7) is 1.98. The second-order valence-electron chi connectivity index (χ2n) is 6.13. The van der Waals surface area contributed by atoms with Crippen molar-refractivity contribution in [3.05, 3.63) is 0 Å². The van der Waals surface area contributed by atoms with E-state index < -0.39 is 0 Å². The van der Waals surface area contributed by atoms with Crippen LogP contribution in [0.3, 0.4) is 0 Å². The van der Waals surface area contributed by atoms with E-state index in [1.807, 2.05) is 0 Å². The van der Waals surface area contributed by atoms with E-state index in [9.17, 15) is 4.79 Å². The van der Waals surface area contributed by atoms with Crippen molar-refractivity contribution in [3.63, 3.8) is 0 Å². The molecular weight excluding hydrogens is 224 g/mol. The molecule has 2 fully saturated rings. The highest BCUT2D eigenvalue weighted by molar-refractivity contribution is 5.76. The summed E-state index contributed by atoms with van der Waals surface area (Å²) in [4.78, 5) is 14.4. The number of hydrogen-bond acceptors (Lipinski definition) is 2. The molecule has 3 heteroatoms. The van der Waals surface area contributed by atoms with Gasteiger partial charge in [-0.15, -0.1) is 0 Å². The van der Waals surface area contributed by atoms with Gasteiger partial charge in [0.2, 0.25) is 5.91 Å². The van der Waals surface area contributed by atoms with Gasteiger partial charge in [-0.1, -0.05) is 19.3 Å². The highest BCUT2D eigenvalue weighted by Gasteiger charge is 2.23. The molecule has 0 aromatic heterocycles. The van der Waals surface area contributed by atoms with Crippen LogP contribution in [0.15, 0.2) is 0 Å². The number of carbonyl (C=O) groups is 1. The van der Waals surface area contributed by atoms with Crippen LogP contribution in [-0.2, 0) is 4.79 Å². The van der Waals surface area contributed by atoms with Gasteiger partial charge < -0.3 is 10.6 Å². The number of carbonyl (C=O) groups excluding carboxylic acids is 1. The smallest absolute Gasteiger partial charge is 0.222 e. The summed E-state index contributed by atoms with van der Waals surface area (Å²) in [6.07, 6.45) is 11.6. The third kappa shape index (κ3) is 4.27. The van der Waals surface area contributed by atoms with Crippen LogP contribution >= 0.6 is 0 Å². The van der Waals surface area contributed by atoms with E-state index in [4.69, 9.17) is 5.73 Å². The van der Waals surface area contributed by atoms with Crippen LogP contribution in [0.4, 0.5) is 0 Å². The molecule has 1 amide bonds. The molecular formula is C15H28N2O. The number of rotatable bonds is 2. The van der Waals surface area contributed by atoms with Crippen LogP contribution in [-0.4, -0.2) is 29.9 Å². The molecule has 3 nitrogen and oxygen atoms in total. The molecule has 1 saturated heterocycles. The summed E-state index contributed by atoms with van der Waals surface area (Å²) in [7, 11) is 0. The van der Waals surface area contributed by atoms with Gasteiger partial charge in [0.25, 0.3) is 0 Å². The highest BCUT2D eigenvalue weighted by Crippen LogP contribution is 2.26. The SMILES string of the molecule is NC1CCC(CC(=O)N2CCCCCCC2)CC1. The van der Waals surface area contributed by atoms with Crippen molar-refractivity contribution >= 4 is 5.91 Å². The van der Waals surface area contributed by atoms with Crippen molar-refractivity contribution in [2.24, 2.45) is 11.7 Å². The molecule has 1 saturated carbocycles. The Labute approximate surface area is 111 Å². The van der Waals surface area contributed by atoms with Crippen LogP contribution in [0.5, 0.6) is 0 Å². The van der Waals surface area contributed by atoms with Gasteiger partial charge in [0.05, 0.1) is 0 Å². The van der Waals surface area contributed by atoms with E-state index in [1.54, 1.807) is 0 Å². The lowest BCUT2D eigenvalue weighted by Gasteiger charge is -2.29. The second-order valence-corrected chi connectivity index (χ2v) is 6.13. The lowest BCUT2D eigenvalue weighted by atomic mass is 9.84. The zero-order chi connectivity index (χ0) is 12.8. The molecule has 104 valence electrons. The Hall–Kier alpha value is -0.570. The zero-order valence-corrected chi connectivity index (χ0v) is 11.6. The second kappa shape index (κ2) is 7.13. The van der Waals surface area contributed by atoms with Crippen molar-refractivity contribution in [1.29, 1.82) is 0 Å². The van der Waals surface area contributed by atoms with E-state index in [0.29, 0.717) is 17.9 Å². The molecule has 1 aliphatic heterocycles. The third-order valence-electron chi connectivity index (χ3n) is 4.56. The van der Waals surface area contributed by atoms with E-state index in [1.165, 1.54) is 32.1 Å². The molecule has 0 radical (unpaired) electrons. The van der Waals surface area contributed by atoms with Gasteiger partial charge in [0.1, 0.15) is 0 Å². The molecule has 1 aliphatic carbocycles. The Morgan fingerprint density at radius 3 is 2.11 bits per heavy atom. The van der Waals surface area contributed by atoms with Crippen molar-refractivity contribution in [3.8, 4) is 0 Å². The molecule has 2 N–H and O–H groups in total. The maximum Gasteiger partial charge on any atom is 0.222 e. The molecule has 2 aliphatic rings. The van der Waals surface area contributed by atoms with E-state index >= 15 is 0 Å². The monoisotopic (exact) mass is 252 g/mol. The minimum absolute atomic E-state index is 0.387. The molecule has 18 heavy (non-hydrogen) atoms. The zero-order valence-electron chi connectivity index (χ0n) is 11.6. The third-order valence-corrected chi connectivity index (χ3v) is 4.56. The van der Waals surface area contributed by atoms with Crippen LogP contribution in [0.2, 0.25) is 0 Å². The minimum atomic E-state index is 0.387. The van der Waals surface area contributed by atoms with Crippen molar-refractivity contribution < 1.29 is 4.79 Å². The summed E-state index contributed by atoms with van der Waals surface area (Å²) < 4.78 is 0. The van der Waals surface area contributed by atoms with Gasteiger partial charge in [-0.05, 0) is 44.4 Å². The number of amides is 1. The first-order valence-corrected chi connectivity index (χ1v) is 7.79. The first-order valence-electron chi connectivity index (χ1n) is 7.79. The Bertz CT molecular complexity index is 251. The maximum absolute atomic E-state index is 12.3. The normalized spacial score (nSPS) is 30.6. The van der Waals surface area contributed by atoms with Crippen LogP contribution in [0.25, 0.3) is 0 Å². The van der Waals surface area contributed by atoms with E-state index in [-0.39, 0.29) is 0 Å².